The van der Waals surface area contributed by atoms with Crippen molar-refractivity contribution in [2.24, 2.45) is 0 Å². The fraction of sp³-hybridized carbons (Fsp3) is 0.562. The summed E-state index contributed by atoms with van der Waals surface area (Å²) in [7, 11) is -0.611. The van der Waals surface area contributed by atoms with Crippen LogP contribution in [0.15, 0.2) is 24.3 Å². The number of nitrogens with zero attached hydrogens (tertiary/aromatic N) is 1. The van der Waals surface area contributed by atoms with E-state index >= 15 is 0 Å². The van der Waals surface area contributed by atoms with Crippen LogP contribution in [0.25, 0.3) is 0 Å². The molecule has 0 saturated carbocycles. The minimum atomic E-state index is -3.48. The lowest BCUT2D eigenvalue weighted by Crippen LogP contribution is -2.43. The van der Waals surface area contributed by atoms with Crippen LogP contribution in [-0.4, -0.2) is 51.9 Å². The summed E-state index contributed by atoms with van der Waals surface area (Å²) < 4.78 is 32.0. The van der Waals surface area contributed by atoms with E-state index in [4.69, 9.17) is 4.74 Å². The van der Waals surface area contributed by atoms with Crippen LogP contribution in [0, 0.1) is 0 Å². The lowest BCUT2D eigenvalue weighted by atomic mass is 10.0. The van der Waals surface area contributed by atoms with Crippen molar-refractivity contribution in [3.63, 3.8) is 0 Å². The van der Waals surface area contributed by atoms with Crippen molar-refractivity contribution in [1.82, 2.24) is 14.3 Å². The SMILES string of the molecule is CC(Oc1ccc(C(C)C)cc1)C(=O)NCCNS(=O)(=O)N(C)C. The third-order valence-corrected chi connectivity index (χ3v) is 4.95. The quantitative estimate of drug-likeness (QED) is 0.648. The molecule has 1 aromatic carbocycles. The maximum absolute atomic E-state index is 12.0. The Bertz CT molecular complexity index is 627. The molecule has 0 fully saturated rings. The standard InChI is InChI=1S/C16H27N3O4S/c1-12(2)14-6-8-15(9-7-14)23-13(3)16(20)17-10-11-18-24(21,22)19(4)5/h6-9,12-13,18H,10-11H2,1-5H3,(H,17,20). The number of amides is 1. The topological polar surface area (TPSA) is 87.7 Å². The van der Waals surface area contributed by atoms with Crippen molar-refractivity contribution < 1.29 is 17.9 Å². The molecule has 8 heteroatoms. The molecule has 1 unspecified atom stereocenters. The molecule has 0 aliphatic rings. The van der Waals surface area contributed by atoms with Crippen LogP contribution in [0.1, 0.15) is 32.3 Å². The van der Waals surface area contributed by atoms with Gasteiger partial charge in [0.25, 0.3) is 16.1 Å². The molecule has 24 heavy (non-hydrogen) atoms. The summed E-state index contributed by atoms with van der Waals surface area (Å²) in [6.07, 6.45) is -0.666. The van der Waals surface area contributed by atoms with Gasteiger partial charge in [-0.3, -0.25) is 4.79 Å². The molecule has 0 saturated heterocycles. The minimum Gasteiger partial charge on any atom is -0.481 e. The van der Waals surface area contributed by atoms with Gasteiger partial charge in [0.2, 0.25) is 0 Å². The van der Waals surface area contributed by atoms with E-state index in [0.717, 1.165) is 4.31 Å². The molecule has 136 valence electrons. The van der Waals surface area contributed by atoms with Crippen LogP contribution in [-0.2, 0) is 15.0 Å². The smallest absolute Gasteiger partial charge is 0.278 e. The largest absolute Gasteiger partial charge is 0.481 e. The number of nitrogens with one attached hydrogen (secondary N) is 2. The molecular weight excluding hydrogens is 330 g/mol. The van der Waals surface area contributed by atoms with Gasteiger partial charge in [-0.1, -0.05) is 26.0 Å². The molecule has 1 amide bonds. The number of hydrogen-bond donors (Lipinski definition) is 2. The van der Waals surface area contributed by atoms with Crippen molar-refractivity contribution in [2.75, 3.05) is 27.2 Å². The Kier molecular flexibility index (Phi) is 7.65. The summed E-state index contributed by atoms with van der Waals surface area (Å²) in [5.41, 5.74) is 1.20. The third-order valence-electron chi connectivity index (χ3n) is 3.42. The van der Waals surface area contributed by atoms with Gasteiger partial charge in [-0.2, -0.15) is 12.7 Å². The van der Waals surface area contributed by atoms with Gasteiger partial charge >= 0.3 is 0 Å². The molecule has 1 rings (SSSR count). The second kappa shape index (κ2) is 9.00. The van der Waals surface area contributed by atoms with Gasteiger partial charge < -0.3 is 10.1 Å². The summed E-state index contributed by atoms with van der Waals surface area (Å²) in [5.74, 6) is 0.757. The van der Waals surface area contributed by atoms with Gasteiger partial charge in [0.05, 0.1) is 0 Å². The fourth-order valence-electron chi connectivity index (χ4n) is 1.83. The Labute approximate surface area is 144 Å². The number of hydrogen-bond acceptors (Lipinski definition) is 4. The van der Waals surface area contributed by atoms with Crippen LogP contribution in [0.5, 0.6) is 5.75 Å². The molecule has 1 aromatic rings. The van der Waals surface area contributed by atoms with E-state index in [1.165, 1.54) is 19.7 Å². The highest BCUT2D eigenvalue weighted by atomic mass is 32.2. The lowest BCUT2D eigenvalue weighted by Gasteiger charge is -2.16. The Morgan fingerprint density at radius 1 is 1.12 bits per heavy atom. The zero-order valence-corrected chi connectivity index (χ0v) is 15.7. The average Bonchev–Trinajstić information content (AvgIpc) is 2.51. The summed E-state index contributed by atoms with van der Waals surface area (Å²) >= 11 is 0. The van der Waals surface area contributed by atoms with Crippen molar-refractivity contribution in [3.8, 4) is 5.75 Å². The fourth-order valence-corrected chi connectivity index (χ4v) is 2.45. The van der Waals surface area contributed by atoms with Gasteiger partial charge in [-0.05, 0) is 30.5 Å². The van der Waals surface area contributed by atoms with Crippen LogP contribution >= 0.6 is 0 Å². The van der Waals surface area contributed by atoms with Gasteiger partial charge in [0.15, 0.2) is 6.10 Å². The van der Waals surface area contributed by atoms with Crippen molar-refractivity contribution in [3.05, 3.63) is 29.8 Å². The Hall–Kier alpha value is -1.64. The zero-order valence-electron chi connectivity index (χ0n) is 14.9. The third kappa shape index (κ3) is 6.46. The first kappa shape index (κ1) is 20.4. The van der Waals surface area contributed by atoms with E-state index in [2.05, 4.69) is 23.9 Å². The van der Waals surface area contributed by atoms with Gasteiger partial charge in [-0.25, -0.2) is 4.72 Å². The Morgan fingerprint density at radius 3 is 2.21 bits per heavy atom. The molecule has 0 aliphatic carbocycles. The first-order chi connectivity index (χ1) is 11.1. The predicted molar refractivity (Wildman–Crippen MR) is 94.2 cm³/mol. The number of ether oxygens (including phenoxy) is 1. The van der Waals surface area contributed by atoms with E-state index < -0.39 is 16.3 Å². The van der Waals surface area contributed by atoms with E-state index in [-0.39, 0.29) is 19.0 Å². The normalized spacial score (nSPS) is 13.1. The van der Waals surface area contributed by atoms with E-state index in [1.807, 2.05) is 24.3 Å². The highest BCUT2D eigenvalue weighted by Gasteiger charge is 2.15. The summed E-state index contributed by atoms with van der Waals surface area (Å²) in [5, 5.41) is 2.63. The van der Waals surface area contributed by atoms with Crippen LogP contribution in [0.4, 0.5) is 0 Å². The van der Waals surface area contributed by atoms with Crippen LogP contribution < -0.4 is 14.8 Å². The van der Waals surface area contributed by atoms with Crippen molar-refractivity contribution >= 4 is 16.1 Å². The van der Waals surface area contributed by atoms with Crippen LogP contribution in [0.3, 0.4) is 0 Å². The molecule has 0 aromatic heterocycles. The van der Waals surface area contributed by atoms with Crippen LogP contribution in [0.2, 0.25) is 0 Å². The predicted octanol–water partition coefficient (Wildman–Crippen LogP) is 1.09. The van der Waals surface area contributed by atoms with E-state index in [9.17, 15) is 13.2 Å². The Balaban J connectivity index is 2.40. The molecule has 2 N–H and O–H groups in total. The van der Waals surface area contributed by atoms with Gasteiger partial charge in [-0.15, -0.1) is 0 Å². The Morgan fingerprint density at radius 2 is 1.71 bits per heavy atom. The molecule has 0 heterocycles. The zero-order chi connectivity index (χ0) is 18.3. The van der Waals surface area contributed by atoms with Crippen molar-refractivity contribution in [1.29, 1.82) is 0 Å². The average molecular weight is 357 g/mol. The summed E-state index contributed by atoms with van der Waals surface area (Å²) in [6.45, 7) is 6.16. The molecule has 0 spiro atoms. The number of carbonyl (C=O) groups excluding carboxylic acids is 1. The van der Waals surface area contributed by atoms with E-state index in [0.29, 0.717) is 11.7 Å². The summed E-state index contributed by atoms with van der Waals surface area (Å²) in [6, 6.07) is 7.62. The van der Waals surface area contributed by atoms with E-state index in [1.54, 1.807) is 6.92 Å². The highest BCUT2D eigenvalue weighted by molar-refractivity contribution is 7.87. The van der Waals surface area contributed by atoms with Crippen molar-refractivity contribution in [2.45, 2.75) is 32.8 Å². The maximum atomic E-state index is 12.0. The highest BCUT2D eigenvalue weighted by Crippen LogP contribution is 2.19. The molecule has 1 atom stereocenters. The summed E-state index contributed by atoms with van der Waals surface area (Å²) in [4.78, 5) is 12.0. The number of carbonyl (C=O) groups is 1. The minimum absolute atomic E-state index is 0.113. The molecule has 0 aliphatic heterocycles. The first-order valence-corrected chi connectivity index (χ1v) is 9.29. The molecule has 7 nitrogen and oxygen atoms in total. The monoisotopic (exact) mass is 357 g/mol. The second-order valence-electron chi connectivity index (χ2n) is 5.96. The van der Waals surface area contributed by atoms with Gasteiger partial charge in [0, 0.05) is 27.2 Å². The molecule has 0 radical (unpaired) electrons. The number of benzene rings is 1. The molecular formula is C16H27N3O4S. The molecule has 0 bridgehead atoms. The van der Waals surface area contributed by atoms with Gasteiger partial charge in [0.1, 0.15) is 5.75 Å². The lowest BCUT2D eigenvalue weighted by molar-refractivity contribution is -0.127. The maximum Gasteiger partial charge on any atom is 0.278 e. The second-order valence-corrected chi connectivity index (χ2v) is 7.93. The first-order valence-electron chi connectivity index (χ1n) is 7.85. The number of rotatable bonds is 9.